The summed E-state index contributed by atoms with van der Waals surface area (Å²) in [5.74, 6) is 0.986. The van der Waals surface area contributed by atoms with E-state index < -0.39 is 0 Å². The summed E-state index contributed by atoms with van der Waals surface area (Å²) < 4.78 is 5.68. The van der Waals surface area contributed by atoms with Gasteiger partial charge in [0.1, 0.15) is 11.6 Å². The third-order valence-electron chi connectivity index (χ3n) is 2.33. The molecule has 1 aromatic rings. The van der Waals surface area contributed by atoms with Crippen LogP contribution in [0.15, 0.2) is 18.5 Å². The molecule has 1 heterocycles. The molecule has 4 heteroatoms. The first-order valence-corrected chi connectivity index (χ1v) is 4.97. The van der Waals surface area contributed by atoms with Gasteiger partial charge in [-0.05, 0) is 18.9 Å². The smallest absolute Gasteiger partial charge is 0.148 e. The summed E-state index contributed by atoms with van der Waals surface area (Å²) in [6, 6.07) is 1.69. The Morgan fingerprint density at radius 1 is 1.47 bits per heavy atom. The van der Waals surface area contributed by atoms with Gasteiger partial charge >= 0.3 is 0 Å². The minimum absolute atomic E-state index is 0.00311. The predicted octanol–water partition coefficient (Wildman–Crippen LogP) is 1.79. The molecule has 1 unspecified atom stereocenters. The van der Waals surface area contributed by atoms with E-state index in [1.807, 2.05) is 6.92 Å². The van der Waals surface area contributed by atoms with E-state index in [0.29, 0.717) is 17.2 Å². The van der Waals surface area contributed by atoms with Gasteiger partial charge in [-0.1, -0.05) is 13.8 Å². The lowest BCUT2D eigenvalue weighted by molar-refractivity contribution is 0.169. The Bertz CT molecular complexity index is 349. The number of hydrogen-bond donors (Lipinski definition) is 2. The van der Waals surface area contributed by atoms with E-state index in [1.54, 1.807) is 18.5 Å². The third kappa shape index (κ3) is 2.94. The summed E-state index contributed by atoms with van der Waals surface area (Å²) in [5.41, 5.74) is 6.04. The second-order valence-corrected chi connectivity index (χ2v) is 3.85. The molecule has 0 saturated heterocycles. The molecule has 3 N–H and O–H groups in total. The zero-order valence-electron chi connectivity index (χ0n) is 9.32. The van der Waals surface area contributed by atoms with Crippen LogP contribution in [0.2, 0.25) is 0 Å². The van der Waals surface area contributed by atoms with Crippen LogP contribution in [0.3, 0.4) is 0 Å². The lowest BCUT2D eigenvalue weighted by Gasteiger charge is -2.19. The van der Waals surface area contributed by atoms with Crippen molar-refractivity contribution in [1.82, 2.24) is 4.98 Å². The summed E-state index contributed by atoms with van der Waals surface area (Å²) >= 11 is 0. The highest BCUT2D eigenvalue weighted by molar-refractivity contribution is 5.97. The van der Waals surface area contributed by atoms with Crippen molar-refractivity contribution in [3.05, 3.63) is 24.0 Å². The highest BCUT2D eigenvalue weighted by atomic mass is 16.5. The van der Waals surface area contributed by atoms with E-state index >= 15 is 0 Å². The minimum atomic E-state index is 0.00311. The van der Waals surface area contributed by atoms with Gasteiger partial charge in [0.2, 0.25) is 0 Å². The molecular formula is C11H17N3O. The maximum atomic E-state index is 7.40. The highest BCUT2D eigenvalue weighted by Crippen LogP contribution is 2.19. The average molecular weight is 207 g/mol. The Balaban J connectivity index is 2.89. The number of pyridine rings is 1. The van der Waals surface area contributed by atoms with Crippen molar-refractivity contribution in [3.63, 3.8) is 0 Å². The van der Waals surface area contributed by atoms with Crippen LogP contribution in [0.5, 0.6) is 5.75 Å². The molecule has 0 fully saturated rings. The van der Waals surface area contributed by atoms with Crippen LogP contribution in [-0.4, -0.2) is 16.9 Å². The van der Waals surface area contributed by atoms with Crippen LogP contribution in [0, 0.1) is 11.3 Å². The number of rotatable bonds is 4. The Hall–Kier alpha value is -1.58. The van der Waals surface area contributed by atoms with Crippen LogP contribution in [0.4, 0.5) is 0 Å². The van der Waals surface area contributed by atoms with Gasteiger partial charge in [0, 0.05) is 6.20 Å². The number of nitrogen functional groups attached to an aromatic ring is 1. The number of amidine groups is 1. The quantitative estimate of drug-likeness (QED) is 0.584. The van der Waals surface area contributed by atoms with Gasteiger partial charge in [0.05, 0.1) is 17.9 Å². The summed E-state index contributed by atoms with van der Waals surface area (Å²) in [5, 5.41) is 7.40. The second kappa shape index (κ2) is 4.77. The fourth-order valence-electron chi connectivity index (χ4n) is 1.03. The predicted molar refractivity (Wildman–Crippen MR) is 60.2 cm³/mol. The van der Waals surface area contributed by atoms with Crippen LogP contribution < -0.4 is 10.5 Å². The summed E-state index contributed by atoms with van der Waals surface area (Å²) in [6.07, 6.45) is 3.27. The molecular weight excluding hydrogens is 190 g/mol. The molecule has 4 nitrogen and oxygen atoms in total. The molecule has 0 aromatic carbocycles. The van der Waals surface area contributed by atoms with E-state index in [4.69, 9.17) is 15.9 Å². The van der Waals surface area contributed by atoms with Crippen molar-refractivity contribution in [2.75, 3.05) is 0 Å². The first-order chi connectivity index (χ1) is 7.02. The number of aromatic nitrogens is 1. The first-order valence-electron chi connectivity index (χ1n) is 4.97. The van der Waals surface area contributed by atoms with Gasteiger partial charge in [-0.3, -0.25) is 10.4 Å². The van der Waals surface area contributed by atoms with E-state index in [0.717, 1.165) is 0 Å². The van der Waals surface area contributed by atoms with Gasteiger partial charge in [-0.25, -0.2) is 0 Å². The molecule has 82 valence electrons. The van der Waals surface area contributed by atoms with Gasteiger partial charge < -0.3 is 10.5 Å². The standard InChI is InChI=1S/C11H17N3O/c1-7(2)8(3)15-10-6-14-5-4-9(10)11(12)13/h4-8H,1-3H3,(H3,12,13). The van der Waals surface area contributed by atoms with Crippen LogP contribution in [-0.2, 0) is 0 Å². The Kier molecular flexibility index (Phi) is 3.66. The van der Waals surface area contributed by atoms with Crippen molar-refractivity contribution >= 4 is 5.84 Å². The number of ether oxygens (including phenoxy) is 1. The van der Waals surface area contributed by atoms with Gasteiger partial charge in [-0.2, -0.15) is 0 Å². The van der Waals surface area contributed by atoms with Crippen LogP contribution in [0.1, 0.15) is 26.3 Å². The Morgan fingerprint density at radius 2 is 2.13 bits per heavy atom. The molecule has 0 bridgehead atoms. The van der Waals surface area contributed by atoms with E-state index in [1.165, 1.54) is 0 Å². The molecule has 0 saturated carbocycles. The Morgan fingerprint density at radius 3 is 2.67 bits per heavy atom. The Labute approximate surface area is 90.0 Å². The number of nitrogens with one attached hydrogen (secondary N) is 1. The van der Waals surface area contributed by atoms with Gasteiger partial charge in [0.15, 0.2) is 0 Å². The fraction of sp³-hybridized carbons (Fsp3) is 0.455. The molecule has 0 radical (unpaired) electrons. The molecule has 1 rings (SSSR count). The molecule has 0 spiro atoms. The average Bonchev–Trinajstić information content (AvgIpc) is 2.18. The lowest BCUT2D eigenvalue weighted by Crippen LogP contribution is -2.21. The maximum absolute atomic E-state index is 7.40. The SMILES string of the molecule is CC(C)C(C)Oc1cnccc1C(=N)N. The van der Waals surface area contributed by atoms with Gasteiger partial charge in [0.25, 0.3) is 0 Å². The van der Waals surface area contributed by atoms with Crippen molar-refractivity contribution in [2.45, 2.75) is 26.9 Å². The zero-order valence-corrected chi connectivity index (χ0v) is 9.32. The zero-order chi connectivity index (χ0) is 11.4. The summed E-state index contributed by atoms with van der Waals surface area (Å²) in [6.45, 7) is 6.14. The third-order valence-corrected chi connectivity index (χ3v) is 2.33. The summed E-state index contributed by atoms with van der Waals surface area (Å²) in [7, 11) is 0. The molecule has 0 aliphatic heterocycles. The lowest BCUT2D eigenvalue weighted by atomic mass is 10.1. The monoisotopic (exact) mass is 207 g/mol. The molecule has 15 heavy (non-hydrogen) atoms. The first kappa shape index (κ1) is 11.5. The molecule has 1 atom stereocenters. The molecule has 0 amide bonds. The number of nitrogens with zero attached hydrogens (tertiary/aromatic N) is 1. The maximum Gasteiger partial charge on any atom is 0.148 e. The minimum Gasteiger partial charge on any atom is -0.488 e. The van der Waals surface area contributed by atoms with Crippen LogP contribution >= 0.6 is 0 Å². The molecule has 0 aliphatic carbocycles. The van der Waals surface area contributed by atoms with E-state index in [9.17, 15) is 0 Å². The van der Waals surface area contributed by atoms with Crippen LogP contribution in [0.25, 0.3) is 0 Å². The second-order valence-electron chi connectivity index (χ2n) is 3.85. The topological polar surface area (TPSA) is 72.0 Å². The largest absolute Gasteiger partial charge is 0.488 e. The fourth-order valence-corrected chi connectivity index (χ4v) is 1.03. The van der Waals surface area contributed by atoms with E-state index in [2.05, 4.69) is 18.8 Å². The van der Waals surface area contributed by atoms with E-state index in [-0.39, 0.29) is 11.9 Å². The van der Waals surface area contributed by atoms with Crippen molar-refractivity contribution < 1.29 is 4.74 Å². The summed E-state index contributed by atoms with van der Waals surface area (Å²) in [4.78, 5) is 3.96. The van der Waals surface area contributed by atoms with Gasteiger partial charge in [-0.15, -0.1) is 0 Å². The molecule has 1 aromatic heterocycles. The van der Waals surface area contributed by atoms with Crippen molar-refractivity contribution in [1.29, 1.82) is 5.41 Å². The van der Waals surface area contributed by atoms with Crippen molar-refractivity contribution in [3.8, 4) is 5.75 Å². The van der Waals surface area contributed by atoms with Crippen molar-refractivity contribution in [2.24, 2.45) is 11.7 Å². The number of hydrogen-bond acceptors (Lipinski definition) is 3. The molecule has 0 aliphatic rings. The number of nitrogens with two attached hydrogens (primary N) is 1. The highest BCUT2D eigenvalue weighted by Gasteiger charge is 2.12. The normalized spacial score (nSPS) is 12.5.